The van der Waals surface area contributed by atoms with Gasteiger partial charge < -0.3 is 9.94 Å². The van der Waals surface area contributed by atoms with Gasteiger partial charge in [0.05, 0.1) is 17.3 Å². The Bertz CT molecular complexity index is 396. The molecule has 0 aliphatic heterocycles. The SMILES string of the molecule is CCCCCOc1c(Br)cc(Cl)cc1C=NO. The third-order valence-corrected chi connectivity index (χ3v) is 3.04. The Morgan fingerprint density at radius 3 is 2.88 bits per heavy atom. The second-order valence-corrected chi connectivity index (χ2v) is 4.90. The van der Waals surface area contributed by atoms with E-state index in [0.29, 0.717) is 22.9 Å². The van der Waals surface area contributed by atoms with Gasteiger partial charge in [-0.3, -0.25) is 0 Å². The van der Waals surface area contributed by atoms with Crippen molar-refractivity contribution in [2.45, 2.75) is 26.2 Å². The van der Waals surface area contributed by atoms with Crippen LogP contribution in [-0.4, -0.2) is 18.0 Å². The lowest BCUT2D eigenvalue weighted by Gasteiger charge is -2.11. The Labute approximate surface area is 115 Å². The molecule has 17 heavy (non-hydrogen) atoms. The Balaban J connectivity index is 2.81. The molecular weight excluding hydrogens is 305 g/mol. The lowest BCUT2D eigenvalue weighted by molar-refractivity contribution is 0.302. The maximum atomic E-state index is 8.59. The van der Waals surface area contributed by atoms with E-state index in [4.69, 9.17) is 21.5 Å². The van der Waals surface area contributed by atoms with Crippen LogP contribution in [0.3, 0.4) is 0 Å². The van der Waals surface area contributed by atoms with Crippen molar-refractivity contribution in [3.63, 3.8) is 0 Å². The van der Waals surface area contributed by atoms with E-state index >= 15 is 0 Å². The molecule has 0 amide bonds. The van der Waals surface area contributed by atoms with E-state index < -0.39 is 0 Å². The van der Waals surface area contributed by atoms with Gasteiger partial charge >= 0.3 is 0 Å². The molecule has 0 aliphatic carbocycles. The van der Waals surface area contributed by atoms with Gasteiger partial charge in [-0.15, -0.1) is 0 Å². The molecule has 0 radical (unpaired) electrons. The fourth-order valence-corrected chi connectivity index (χ4v) is 2.37. The van der Waals surface area contributed by atoms with Crippen molar-refractivity contribution in [3.05, 3.63) is 27.2 Å². The number of halogens is 2. The number of benzene rings is 1. The summed E-state index contributed by atoms with van der Waals surface area (Å²) in [5.74, 6) is 0.656. The summed E-state index contributed by atoms with van der Waals surface area (Å²) >= 11 is 9.30. The molecule has 94 valence electrons. The maximum absolute atomic E-state index is 8.59. The van der Waals surface area contributed by atoms with Crippen LogP contribution in [0.1, 0.15) is 31.7 Å². The van der Waals surface area contributed by atoms with E-state index in [1.165, 1.54) is 6.21 Å². The largest absolute Gasteiger partial charge is 0.492 e. The zero-order valence-corrected chi connectivity index (χ0v) is 12.0. The molecule has 0 heterocycles. The van der Waals surface area contributed by atoms with Gasteiger partial charge in [0.2, 0.25) is 0 Å². The minimum atomic E-state index is 0.563. The quantitative estimate of drug-likeness (QED) is 0.363. The molecule has 0 bridgehead atoms. The number of hydrogen-bond donors (Lipinski definition) is 1. The van der Waals surface area contributed by atoms with Crippen molar-refractivity contribution in [2.75, 3.05) is 6.61 Å². The van der Waals surface area contributed by atoms with Gasteiger partial charge in [0.15, 0.2) is 0 Å². The molecule has 0 aliphatic rings. The number of rotatable bonds is 6. The van der Waals surface area contributed by atoms with Crippen LogP contribution in [-0.2, 0) is 0 Å². The number of ether oxygens (including phenoxy) is 1. The van der Waals surface area contributed by atoms with Crippen molar-refractivity contribution >= 4 is 33.7 Å². The lowest BCUT2D eigenvalue weighted by atomic mass is 10.2. The van der Waals surface area contributed by atoms with Crippen LogP contribution in [0.25, 0.3) is 0 Å². The highest BCUT2D eigenvalue weighted by Gasteiger charge is 2.09. The zero-order valence-electron chi connectivity index (χ0n) is 9.62. The van der Waals surface area contributed by atoms with Crippen LogP contribution in [0.15, 0.2) is 21.8 Å². The van der Waals surface area contributed by atoms with Crippen LogP contribution in [0.2, 0.25) is 5.02 Å². The average Bonchev–Trinajstić information content (AvgIpc) is 2.27. The number of unbranched alkanes of at least 4 members (excludes halogenated alkanes) is 2. The van der Waals surface area contributed by atoms with Gasteiger partial charge in [0, 0.05) is 10.6 Å². The molecular formula is C12H15BrClNO2. The molecule has 1 rings (SSSR count). The van der Waals surface area contributed by atoms with Crippen LogP contribution >= 0.6 is 27.5 Å². The lowest BCUT2D eigenvalue weighted by Crippen LogP contribution is -2.01. The third-order valence-electron chi connectivity index (χ3n) is 2.23. The van der Waals surface area contributed by atoms with E-state index in [9.17, 15) is 0 Å². The first-order valence-electron chi connectivity index (χ1n) is 5.48. The summed E-state index contributed by atoms with van der Waals surface area (Å²) in [6.07, 6.45) is 4.60. The molecule has 0 unspecified atom stereocenters. The van der Waals surface area contributed by atoms with Crippen LogP contribution in [0, 0.1) is 0 Å². The number of oxime groups is 1. The van der Waals surface area contributed by atoms with Crippen LogP contribution in [0.5, 0.6) is 5.75 Å². The Morgan fingerprint density at radius 1 is 1.47 bits per heavy atom. The number of hydrogen-bond acceptors (Lipinski definition) is 3. The third kappa shape index (κ3) is 4.56. The first-order chi connectivity index (χ1) is 8.19. The molecule has 0 fully saturated rings. The summed E-state index contributed by atoms with van der Waals surface area (Å²) in [7, 11) is 0. The van der Waals surface area contributed by atoms with Crippen molar-refractivity contribution in [1.29, 1.82) is 0 Å². The highest BCUT2D eigenvalue weighted by Crippen LogP contribution is 2.32. The molecule has 0 atom stereocenters. The molecule has 0 aromatic heterocycles. The first kappa shape index (κ1) is 14.3. The normalized spacial score (nSPS) is 11.0. The fourth-order valence-electron chi connectivity index (χ4n) is 1.42. The topological polar surface area (TPSA) is 41.8 Å². The predicted octanol–water partition coefficient (Wildman–Crippen LogP) is 4.48. The minimum absolute atomic E-state index is 0.563. The molecule has 3 nitrogen and oxygen atoms in total. The summed E-state index contributed by atoms with van der Waals surface area (Å²) in [6, 6.07) is 3.45. The van der Waals surface area contributed by atoms with Gasteiger partial charge in [0.1, 0.15) is 5.75 Å². The van der Waals surface area contributed by atoms with Crippen molar-refractivity contribution in [2.24, 2.45) is 5.16 Å². The monoisotopic (exact) mass is 319 g/mol. The van der Waals surface area contributed by atoms with Crippen LogP contribution in [0.4, 0.5) is 0 Å². The number of nitrogens with zero attached hydrogens (tertiary/aromatic N) is 1. The van der Waals surface area contributed by atoms with Crippen molar-refractivity contribution in [3.8, 4) is 5.75 Å². The minimum Gasteiger partial charge on any atom is -0.492 e. The summed E-state index contributed by atoms with van der Waals surface area (Å²) in [6.45, 7) is 2.78. The summed E-state index contributed by atoms with van der Waals surface area (Å²) in [4.78, 5) is 0. The Kier molecular flexibility index (Phi) is 6.37. The van der Waals surface area contributed by atoms with Gasteiger partial charge in [0.25, 0.3) is 0 Å². The second-order valence-electron chi connectivity index (χ2n) is 3.61. The van der Waals surface area contributed by atoms with Gasteiger partial charge in [-0.25, -0.2) is 0 Å². The van der Waals surface area contributed by atoms with E-state index in [2.05, 4.69) is 28.0 Å². The Morgan fingerprint density at radius 2 is 2.24 bits per heavy atom. The maximum Gasteiger partial charge on any atom is 0.142 e. The molecule has 0 spiro atoms. The van der Waals surface area contributed by atoms with Gasteiger partial charge in [-0.2, -0.15) is 0 Å². The van der Waals surface area contributed by atoms with Crippen molar-refractivity contribution < 1.29 is 9.94 Å². The highest BCUT2D eigenvalue weighted by atomic mass is 79.9. The molecule has 5 heteroatoms. The fraction of sp³-hybridized carbons (Fsp3) is 0.417. The Hall–Kier alpha value is -0.740. The molecule has 0 saturated carbocycles. The summed E-state index contributed by atoms with van der Waals surface area (Å²) in [5, 5.41) is 12.2. The summed E-state index contributed by atoms with van der Waals surface area (Å²) < 4.78 is 6.43. The van der Waals surface area contributed by atoms with Crippen molar-refractivity contribution in [1.82, 2.24) is 0 Å². The van der Waals surface area contributed by atoms with Gasteiger partial charge in [-0.05, 0) is 34.5 Å². The second kappa shape index (κ2) is 7.56. The van der Waals surface area contributed by atoms with E-state index in [-0.39, 0.29) is 0 Å². The molecule has 0 saturated heterocycles. The van der Waals surface area contributed by atoms with E-state index in [1.54, 1.807) is 12.1 Å². The van der Waals surface area contributed by atoms with E-state index in [1.807, 2.05) is 0 Å². The molecule has 1 N–H and O–H groups in total. The standard InChI is InChI=1S/C12H15BrClNO2/c1-2-3-4-5-17-12-9(8-15-16)6-10(14)7-11(12)13/h6-8,16H,2-5H2,1H3. The highest BCUT2D eigenvalue weighted by molar-refractivity contribution is 9.10. The van der Waals surface area contributed by atoms with Crippen LogP contribution < -0.4 is 4.74 Å². The smallest absolute Gasteiger partial charge is 0.142 e. The predicted molar refractivity (Wildman–Crippen MR) is 73.6 cm³/mol. The molecule has 1 aromatic carbocycles. The molecule has 1 aromatic rings. The zero-order chi connectivity index (χ0) is 12.7. The van der Waals surface area contributed by atoms with E-state index in [0.717, 1.165) is 23.7 Å². The van der Waals surface area contributed by atoms with Gasteiger partial charge in [-0.1, -0.05) is 36.5 Å². The first-order valence-corrected chi connectivity index (χ1v) is 6.65. The summed E-state index contributed by atoms with van der Waals surface area (Å²) in [5.41, 5.74) is 0.656. The average molecular weight is 321 g/mol.